The molecular weight excluding hydrogens is 247 g/mol. The highest BCUT2D eigenvalue weighted by Gasteiger charge is 2.27. The van der Waals surface area contributed by atoms with Crippen LogP contribution in [-0.2, 0) is 4.74 Å². The lowest BCUT2D eigenvalue weighted by atomic mass is 10.1. The molecule has 0 saturated carbocycles. The summed E-state index contributed by atoms with van der Waals surface area (Å²) in [5, 5.41) is 8.79. The number of rotatable bonds is 8. The van der Waals surface area contributed by atoms with E-state index in [0.717, 1.165) is 38.8 Å². The van der Waals surface area contributed by atoms with Crippen LogP contribution in [0, 0.1) is 0 Å². The average Bonchev–Trinajstić information content (AvgIpc) is 2.72. The lowest BCUT2D eigenvalue weighted by Gasteiger charge is -2.24. The van der Waals surface area contributed by atoms with Gasteiger partial charge >= 0.3 is 6.18 Å². The normalized spacial score (nSPS) is 21.7. The van der Waals surface area contributed by atoms with Crippen molar-refractivity contribution in [2.24, 2.45) is 0 Å². The average molecular weight is 269 g/mol. The molecule has 1 rings (SSSR count). The van der Waals surface area contributed by atoms with E-state index in [-0.39, 0.29) is 13.2 Å². The highest BCUT2D eigenvalue weighted by molar-refractivity contribution is 4.78. The molecule has 0 aromatic rings. The van der Waals surface area contributed by atoms with Crippen LogP contribution in [0.1, 0.15) is 32.1 Å². The Hall–Kier alpha value is -0.330. The van der Waals surface area contributed by atoms with E-state index < -0.39 is 12.8 Å². The maximum absolute atomic E-state index is 11.8. The quantitative estimate of drug-likeness (QED) is 0.686. The van der Waals surface area contributed by atoms with Crippen LogP contribution >= 0.6 is 0 Å². The van der Waals surface area contributed by atoms with Gasteiger partial charge in [0.15, 0.2) is 0 Å². The number of nitrogens with zero attached hydrogens (tertiary/aromatic N) is 1. The predicted octanol–water partition coefficient (Wildman–Crippen LogP) is 2.19. The molecule has 0 aliphatic carbocycles. The van der Waals surface area contributed by atoms with Crippen molar-refractivity contribution in [2.45, 2.75) is 44.3 Å². The molecule has 1 atom stereocenters. The van der Waals surface area contributed by atoms with Crippen molar-refractivity contribution in [1.29, 1.82) is 0 Å². The number of hydrogen-bond donors (Lipinski definition) is 1. The van der Waals surface area contributed by atoms with Crippen LogP contribution < -0.4 is 0 Å². The van der Waals surface area contributed by atoms with E-state index in [4.69, 9.17) is 5.11 Å². The Kier molecular flexibility index (Phi) is 6.96. The summed E-state index contributed by atoms with van der Waals surface area (Å²) >= 11 is 0. The number of alkyl halides is 3. The van der Waals surface area contributed by atoms with Crippen molar-refractivity contribution in [3.8, 4) is 0 Å². The van der Waals surface area contributed by atoms with E-state index in [0.29, 0.717) is 12.5 Å². The number of aliphatic hydroxyl groups excluding tert-OH is 1. The summed E-state index contributed by atoms with van der Waals surface area (Å²) in [6.07, 6.45) is 0.442. The Labute approximate surface area is 106 Å². The molecule has 1 fully saturated rings. The summed E-state index contributed by atoms with van der Waals surface area (Å²) in [5.41, 5.74) is 0. The lowest BCUT2D eigenvalue weighted by Crippen LogP contribution is -2.31. The number of aliphatic hydroxyl groups is 1. The Morgan fingerprint density at radius 1 is 1.28 bits per heavy atom. The molecule has 108 valence electrons. The molecule has 1 aliphatic heterocycles. The summed E-state index contributed by atoms with van der Waals surface area (Å²) in [6, 6.07) is 0.486. The zero-order valence-electron chi connectivity index (χ0n) is 10.6. The van der Waals surface area contributed by atoms with Crippen LogP contribution in [-0.4, -0.2) is 55.1 Å². The van der Waals surface area contributed by atoms with Gasteiger partial charge in [-0.25, -0.2) is 0 Å². The summed E-state index contributed by atoms with van der Waals surface area (Å²) < 4.78 is 40.1. The first-order valence-corrected chi connectivity index (χ1v) is 6.52. The van der Waals surface area contributed by atoms with E-state index in [1.807, 2.05) is 0 Å². The first-order chi connectivity index (χ1) is 8.53. The van der Waals surface area contributed by atoms with Gasteiger partial charge in [-0.2, -0.15) is 13.2 Å². The van der Waals surface area contributed by atoms with Crippen molar-refractivity contribution in [1.82, 2.24) is 4.90 Å². The zero-order valence-corrected chi connectivity index (χ0v) is 10.6. The van der Waals surface area contributed by atoms with Crippen LogP contribution in [0.15, 0.2) is 0 Å². The maximum atomic E-state index is 11.8. The summed E-state index contributed by atoms with van der Waals surface area (Å²) in [4.78, 5) is 2.30. The lowest BCUT2D eigenvalue weighted by molar-refractivity contribution is -0.174. The van der Waals surface area contributed by atoms with E-state index >= 15 is 0 Å². The number of hydrogen-bond acceptors (Lipinski definition) is 3. The van der Waals surface area contributed by atoms with Crippen LogP contribution in [0.25, 0.3) is 0 Å². The van der Waals surface area contributed by atoms with Crippen molar-refractivity contribution in [3.05, 3.63) is 0 Å². The highest BCUT2D eigenvalue weighted by Crippen LogP contribution is 2.21. The smallest absolute Gasteiger partial charge is 0.396 e. The predicted molar refractivity (Wildman–Crippen MR) is 62.4 cm³/mol. The van der Waals surface area contributed by atoms with Gasteiger partial charge in [-0.1, -0.05) is 0 Å². The molecule has 1 aliphatic rings. The van der Waals surface area contributed by atoms with Crippen LogP contribution in [0.2, 0.25) is 0 Å². The molecular formula is C12H22F3NO2. The van der Waals surface area contributed by atoms with Crippen LogP contribution in [0.5, 0.6) is 0 Å². The molecule has 1 saturated heterocycles. The van der Waals surface area contributed by atoms with Gasteiger partial charge in [0.1, 0.15) is 6.61 Å². The SMILES string of the molecule is OCCCC1CCCN1CCCOCC(F)(F)F. The first kappa shape index (κ1) is 15.7. The van der Waals surface area contributed by atoms with Gasteiger partial charge in [0.25, 0.3) is 0 Å². The molecule has 1 N–H and O–H groups in total. The Morgan fingerprint density at radius 3 is 2.72 bits per heavy atom. The molecule has 6 heteroatoms. The molecule has 0 bridgehead atoms. The molecule has 0 radical (unpaired) electrons. The van der Waals surface area contributed by atoms with Gasteiger partial charge in [-0.3, -0.25) is 0 Å². The van der Waals surface area contributed by atoms with E-state index in [1.54, 1.807) is 0 Å². The number of likely N-dealkylation sites (tertiary alicyclic amines) is 1. The molecule has 1 unspecified atom stereocenters. The summed E-state index contributed by atoms with van der Waals surface area (Å²) in [6.45, 7) is 1.01. The fourth-order valence-corrected chi connectivity index (χ4v) is 2.40. The second kappa shape index (κ2) is 7.96. The van der Waals surface area contributed by atoms with Gasteiger partial charge < -0.3 is 14.7 Å². The number of halogens is 3. The third-order valence-corrected chi connectivity index (χ3v) is 3.19. The second-order valence-corrected chi connectivity index (χ2v) is 4.72. The first-order valence-electron chi connectivity index (χ1n) is 6.52. The topological polar surface area (TPSA) is 32.7 Å². The maximum Gasteiger partial charge on any atom is 0.411 e. The Morgan fingerprint density at radius 2 is 2.06 bits per heavy atom. The minimum Gasteiger partial charge on any atom is -0.396 e. The van der Waals surface area contributed by atoms with Gasteiger partial charge in [0.2, 0.25) is 0 Å². The zero-order chi connectivity index (χ0) is 13.4. The fraction of sp³-hybridized carbons (Fsp3) is 1.00. The molecule has 0 spiro atoms. The van der Waals surface area contributed by atoms with Crippen molar-refractivity contribution < 1.29 is 23.0 Å². The molecule has 0 aromatic carbocycles. The number of ether oxygens (including phenoxy) is 1. The Bertz CT molecular complexity index is 224. The van der Waals surface area contributed by atoms with E-state index in [2.05, 4.69) is 9.64 Å². The van der Waals surface area contributed by atoms with Gasteiger partial charge in [-0.15, -0.1) is 0 Å². The van der Waals surface area contributed by atoms with Crippen LogP contribution in [0.3, 0.4) is 0 Å². The van der Waals surface area contributed by atoms with Crippen molar-refractivity contribution in [3.63, 3.8) is 0 Å². The van der Waals surface area contributed by atoms with Crippen LogP contribution in [0.4, 0.5) is 13.2 Å². The summed E-state index contributed by atoms with van der Waals surface area (Å²) in [5.74, 6) is 0. The largest absolute Gasteiger partial charge is 0.411 e. The standard InChI is InChI=1S/C12H22F3NO2/c13-12(14,15)10-18-9-3-7-16-6-1-4-11(16)5-2-8-17/h11,17H,1-10H2. The van der Waals surface area contributed by atoms with E-state index in [1.165, 1.54) is 0 Å². The minimum absolute atomic E-state index is 0.155. The Balaban J connectivity index is 2.07. The molecule has 18 heavy (non-hydrogen) atoms. The van der Waals surface area contributed by atoms with Gasteiger partial charge in [-0.05, 0) is 38.6 Å². The molecule has 0 amide bonds. The minimum atomic E-state index is -4.22. The molecule has 0 aromatic heterocycles. The second-order valence-electron chi connectivity index (χ2n) is 4.72. The highest BCUT2D eigenvalue weighted by atomic mass is 19.4. The summed E-state index contributed by atoms with van der Waals surface area (Å²) in [7, 11) is 0. The van der Waals surface area contributed by atoms with E-state index in [9.17, 15) is 13.2 Å². The molecule has 3 nitrogen and oxygen atoms in total. The third-order valence-electron chi connectivity index (χ3n) is 3.19. The monoisotopic (exact) mass is 269 g/mol. The van der Waals surface area contributed by atoms with Gasteiger partial charge in [0.05, 0.1) is 0 Å². The van der Waals surface area contributed by atoms with Gasteiger partial charge in [0, 0.05) is 25.8 Å². The van der Waals surface area contributed by atoms with Crippen molar-refractivity contribution in [2.75, 3.05) is 32.9 Å². The van der Waals surface area contributed by atoms with Crippen molar-refractivity contribution >= 4 is 0 Å². The fourth-order valence-electron chi connectivity index (χ4n) is 2.40. The molecule has 1 heterocycles. The third kappa shape index (κ3) is 6.56.